The molecule has 0 N–H and O–H groups in total. The van der Waals surface area contributed by atoms with Crippen LogP contribution in [0.2, 0.25) is 0 Å². The van der Waals surface area contributed by atoms with Gasteiger partial charge in [-0.3, -0.25) is 9.69 Å². The van der Waals surface area contributed by atoms with Crippen molar-refractivity contribution in [2.24, 2.45) is 5.92 Å². The van der Waals surface area contributed by atoms with Crippen LogP contribution in [0.25, 0.3) is 11.1 Å². The first kappa shape index (κ1) is 26.5. The van der Waals surface area contributed by atoms with Gasteiger partial charge in [0.1, 0.15) is 18.2 Å². The molecular weight excluding hydrogens is 526 g/mol. The second kappa shape index (κ2) is 10.4. The second-order valence-electron chi connectivity index (χ2n) is 10.7. The summed E-state index contributed by atoms with van der Waals surface area (Å²) in [6, 6.07) is 18.0. The molecule has 5 nitrogen and oxygen atoms in total. The maximum absolute atomic E-state index is 13.7. The number of morpholine rings is 1. The molecule has 2 aliphatic heterocycles. The maximum Gasteiger partial charge on any atom is 0.419 e. The minimum absolute atomic E-state index is 0.0798. The number of carbonyl (C=O) groups excluding carboxylic acids is 2. The number of hydrogen-bond donors (Lipinski definition) is 0. The molecule has 0 spiro atoms. The Morgan fingerprint density at radius 2 is 1.50 bits per heavy atom. The fourth-order valence-corrected chi connectivity index (χ4v) is 6.39. The number of piperidine rings is 1. The van der Waals surface area contributed by atoms with E-state index in [1.807, 2.05) is 36.4 Å². The van der Waals surface area contributed by atoms with Crippen LogP contribution in [-0.2, 0) is 26.9 Å². The number of halogens is 4. The second-order valence-corrected chi connectivity index (χ2v) is 10.7. The highest BCUT2D eigenvalue weighted by molar-refractivity contribution is 5.84. The third kappa shape index (κ3) is 4.87. The van der Waals surface area contributed by atoms with Crippen molar-refractivity contribution in [3.8, 4) is 11.1 Å². The molecule has 2 saturated heterocycles. The Kier molecular flexibility index (Phi) is 6.86. The van der Waals surface area contributed by atoms with Crippen LogP contribution in [0, 0.1) is 11.7 Å². The van der Waals surface area contributed by atoms with E-state index >= 15 is 0 Å². The molecule has 208 valence electrons. The molecule has 2 unspecified atom stereocenters. The first-order valence-electron chi connectivity index (χ1n) is 13.3. The normalized spacial score (nSPS) is 22.0. The van der Waals surface area contributed by atoms with Crippen molar-refractivity contribution in [2.75, 3.05) is 19.8 Å². The smallest absolute Gasteiger partial charge is 0.419 e. The number of benzene rings is 3. The summed E-state index contributed by atoms with van der Waals surface area (Å²) in [4.78, 5) is 28.1. The predicted molar refractivity (Wildman–Crippen MR) is 138 cm³/mol. The summed E-state index contributed by atoms with van der Waals surface area (Å²) in [5.74, 6) is -2.13. The van der Waals surface area contributed by atoms with E-state index in [2.05, 4.69) is 12.1 Å². The highest BCUT2D eigenvalue weighted by Crippen LogP contribution is 2.45. The van der Waals surface area contributed by atoms with Crippen molar-refractivity contribution in [1.29, 1.82) is 0 Å². The molecule has 0 radical (unpaired) electrons. The van der Waals surface area contributed by atoms with E-state index in [4.69, 9.17) is 9.47 Å². The molecule has 3 aliphatic rings. The number of amides is 1. The monoisotopic (exact) mass is 553 g/mol. The van der Waals surface area contributed by atoms with Crippen LogP contribution in [0.1, 0.15) is 41.0 Å². The van der Waals surface area contributed by atoms with Gasteiger partial charge in [0, 0.05) is 18.3 Å². The van der Waals surface area contributed by atoms with E-state index in [1.165, 1.54) is 6.07 Å². The molecule has 40 heavy (non-hydrogen) atoms. The van der Waals surface area contributed by atoms with E-state index in [0.29, 0.717) is 18.9 Å². The fraction of sp³-hybridized carbons (Fsp3) is 0.355. The first-order valence-corrected chi connectivity index (χ1v) is 13.3. The molecule has 6 rings (SSSR count). The summed E-state index contributed by atoms with van der Waals surface area (Å²) in [5, 5.41) is 0. The number of rotatable bonds is 5. The van der Waals surface area contributed by atoms with Gasteiger partial charge in [-0.25, -0.2) is 9.18 Å². The lowest BCUT2D eigenvalue weighted by atomic mass is 9.81. The number of nitrogens with zero attached hydrogens (tertiary/aromatic N) is 1. The van der Waals surface area contributed by atoms with Gasteiger partial charge in [0.05, 0.1) is 30.9 Å². The maximum atomic E-state index is 13.7. The average molecular weight is 554 g/mol. The minimum Gasteiger partial charge on any atom is -0.448 e. The van der Waals surface area contributed by atoms with Gasteiger partial charge in [-0.2, -0.15) is 13.2 Å². The third-order valence-corrected chi connectivity index (χ3v) is 8.24. The number of carbonyl (C=O) groups is 2. The summed E-state index contributed by atoms with van der Waals surface area (Å²) in [5.41, 5.74) is 3.21. The van der Waals surface area contributed by atoms with E-state index in [9.17, 15) is 27.2 Å². The zero-order chi connectivity index (χ0) is 28.0. The topological polar surface area (TPSA) is 55.8 Å². The molecule has 2 bridgehead atoms. The van der Waals surface area contributed by atoms with Gasteiger partial charge in [-0.05, 0) is 52.8 Å². The molecule has 0 aromatic heterocycles. The van der Waals surface area contributed by atoms with E-state index in [-0.39, 0.29) is 55.6 Å². The van der Waals surface area contributed by atoms with Crippen LogP contribution in [0.3, 0.4) is 0 Å². The Labute approximate surface area is 228 Å². The highest BCUT2D eigenvalue weighted by Gasteiger charge is 2.45. The number of ether oxygens (including phenoxy) is 2. The Morgan fingerprint density at radius 3 is 2.10 bits per heavy atom. The lowest BCUT2D eigenvalue weighted by Gasteiger charge is -2.47. The molecule has 1 aliphatic carbocycles. The number of hydrogen-bond acceptors (Lipinski definition) is 4. The summed E-state index contributed by atoms with van der Waals surface area (Å²) < 4.78 is 64.6. The Bertz CT molecular complexity index is 1400. The van der Waals surface area contributed by atoms with Gasteiger partial charge in [-0.15, -0.1) is 0 Å². The minimum atomic E-state index is -4.84. The summed E-state index contributed by atoms with van der Waals surface area (Å²) in [6.45, 7) is 0.677. The standard InChI is InChI=1S/C31H27F4NO4/c32-28-10-9-18(11-27(28)31(33,34)35)12-29(37)19-13-20-15-39-16-21(14-19)36(20)30(38)40-17-26-24-7-3-1-5-22(24)23-6-2-4-8-25(23)26/h1-11,19-21,26H,12-17H2. The number of fused-ring (bicyclic) bond motifs is 5. The van der Waals surface area contributed by atoms with E-state index in [0.717, 1.165) is 28.3 Å². The zero-order valence-corrected chi connectivity index (χ0v) is 21.5. The van der Waals surface area contributed by atoms with Crippen LogP contribution >= 0.6 is 0 Å². The Hall–Kier alpha value is -3.72. The molecule has 3 aromatic rings. The molecule has 2 heterocycles. The van der Waals surface area contributed by atoms with Gasteiger partial charge < -0.3 is 9.47 Å². The Balaban J connectivity index is 1.12. The molecule has 0 saturated carbocycles. The van der Waals surface area contributed by atoms with Gasteiger partial charge in [0.15, 0.2) is 0 Å². The van der Waals surface area contributed by atoms with Gasteiger partial charge >= 0.3 is 12.3 Å². The van der Waals surface area contributed by atoms with Crippen molar-refractivity contribution in [1.82, 2.24) is 4.90 Å². The van der Waals surface area contributed by atoms with Crippen molar-refractivity contribution >= 4 is 11.9 Å². The lowest BCUT2D eigenvalue weighted by molar-refractivity contribution is -0.140. The fourth-order valence-electron chi connectivity index (χ4n) is 6.39. The Morgan fingerprint density at radius 1 is 0.900 bits per heavy atom. The highest BCUT2D eigenvalue weighted by atomic mass is 19.4. The number of alkyl halides is 3. The molecule has 9 heteroatoms. The van der Waals surface area contributed by atoms with Crippen LogP contribution in [-0.4, -0.2) is 48.7 Å². The van der Waals surface area contributed by atoms with Gasteiger partial charge in [-0.1, -0.05) is 54.6 Å². The first-order chi connectivity index (χ1) is 19.2. The molecule has 1 amide bonds. The van der Waals surface area contributed by atoms with Gasteiger partial charge in [0.25, 0.3) is 0 Å². The van der Waals surface area contributed by atoms with Gasteiger partial charge in [0.2, 0.25) is 0 Å². The van der Waals surface area contributed by atoms with Crippen LogP contribution in [0.5, 0.6) is 0 Å². The van der Waals surface area contributed by atoms with Crippen molar-refractivity contribution in [2.45, 2.75) is 43.4 Å². The van der Waals surface area contributed by atoms with Crippen molar-refractivity contribution < 1.29 is 36.6 Å². The molecule has 2 fully saturated rings. The van der Waals surface area contributed by atoms with Crippen LogP contribution in [0.15, 0.2) is 66.7 Å². The largest absolute Gasteiger partial charge is 0.448 e. The van der Waals surface area contributed by atoms with E-state index in [1.54, 1.807) is 4.90 Å². The molecule has 3 aromatic carbocycles. The summed E-state index contributed by atoms with van der Waals surface area (Å²) >= 11 is 0. The number of Topliss-reactive ketones (excluding diaryl/α,β-unsaturated/α-hetero) is 1. The molecule has 2 atom stereocenters. The van der Waals surface area contributed by atoms with Crippen LogP contribution < -0.4 is 0 Å². The third-order valence-electron chi connectivity index (χ3n) is 8.24. The number of ketones is 1. The lowest BCUT2D eigenvalue weighted by Crippen LogP contribution is -2.60. The van der Waals surface area contributed by atoms with Crippen LogP contribution in [0.4, 0.5) is 22.4 Å². The quantitative estimate of drug-likeness (QED) is 0.344. The zero-order valence-electron chi connectivity index (χ0n) is 21.5. The predicted octanol–water partition coefficient (Wildman–Crippen LogP) is 6.38. The summed E-state index contributed by atoms with van der Waals surface area (Å²) in [6.07, 6.45) is -4.88. The van der Waals surface area contributed by atoms with E-state index < -0.39 is 29.6 Å². The SMILES string of the molecule is O=C(Cc1ccc(F)c(C(F)(F)F)c1)C1CC2COCC(C1)N2C(=O)OCC1c2ccccc2-c2ccccc21. The van der Waals surface area contributed by atoms with Crippen molar-refractivity contribution in [3.63, 3.8) is 0 Å². The molecular formula is C31H27F4NO4. The van der Waals surface area contributed by atoms with Crippen molar-refractivity contribution in [3.05, 3.63) is 94.8 Å². The summed E-state index contributed by atoms with van der Waals surface area (Å²) in [7, 11) is 0. The average Bonchev–Trinajstić information content (AvgIpc) is 3.25.